The van der Waals surface area contributed by atoms with Gasteiger partial charge in [-0.3, -0.25) is 4.90 Å². The van der Waals surface area contributed by atoms with Crippen LogP contribution in [0.25, 0.3) is 0 Å². The highest BCUT2D eigenvalue weighted by atomic mass is 16.5. The molecule has 0 bridgehead atoms. The minimum absolute atomic E-state index is 0.274. The Morgan fingerprint density at radius 1 is 0.920 bits per heavy atom. The molecular formula is C22H30N2O. The van der Waals surface area contributed by atoms with Crippen LogP contribution in [0.1, 0.15) is 48.9 Å². The molecule has 3 nitrogen and oxygen atoms in total. The molecule has 1 aliphatic rings. The van der Waals surface area contributed by atoms with Crippen LogP contribution in [0.2, 0.25) is 0 Å². The van der Waals surface area contributed by atoms with Gasteiger partial charge in [0.1, 0.15) is 5.75 Å². The summed E-state index contributed by atoms with van der Waals surface area (Å²) in [6.07, 6.45) is 1.19. The van der Waals surface area contributed by atoms with Crippen LogP contribution in [-0.4, -0.2) is 38.2 Å². The smallest absolute Gasteiger partial charge is 0.119 e. The van der Waals surface area contributed by atoms with Crippen molar-refractivity contribution in [2.45, 2.75) is 32.2 Å². The van der Waals surface area contributed by atoms with Crippen LogP contribution < -0.4 is 10.1 Å². The quantitative estimate of drug-likeness (QED) is 0.884. The highest BCUT2D eigenvalue weighted by molar-refractivity contribution is 5.38. The van der Waals surface area contributed by atoms with E-state index in [1.807, 2.05) is 6.07 Å². The Morgan fingerprint density at radius 3 is 2.40 bits per heavy atom. The maximum Gasteiger partial charge on any atom is 0.119 e. The van der Waals surface area contributed by atoms with Crippen molar-refractivity contribution < 1.29 is 4.74 Å². The zero-order valence-electron chi connectivity index (χ0n) is 15.7. The molecule has 2 aromatic rings. The molecule has 1 heterocycles. The number of methoxy groups -OCH3 is 1. The van der Waals surface area contributed by atoms with Gasteiger partial charge in [-0.1, -0.05) is 50.2 Å². The predicted octanol–water partition coefficient (Wildman–Crippen LogP) is 4.20. The van der Waals surface area contributed by atoms with E-state index in [9.17, 15) is 0 Å². The van der Waals surface area contributed by atoms with Gasteiger partial charge in [0.15, 0.2) is 0 Å². The Balaban J connectivity index is 1.98. The van der Waals surface area contributed by atoms with E-state index in [0.717, 1.165) is 31.9 Å². The summed E-state index contributed by atoms with van der Waals surface area (Å²) in [5.74, 6) is 1.49. The lowest BCUT2D eigenvalue weighted by atomic mass is 9.94. The molecule has 3 rings (SSSR count). The number of benzene rings is 2. The number of hydrogen-bond acceptors (Lipinski definition) is 3. The first-order valence-electron chi connectivity index (χ1n) is 9.37. The molecule has 2 aromatic carbocycles. The predicted molar refractivity (Wildman–Crippen MR) is 104 cm³/mol. The van der Waals surface area contributed by atoms with E-state index >= 15 is 0 Å². The zero-order valence-corrected chi connectivity index (χ0v) is 15.7. The van der Waals surface area contributed by atoms with Crippen molar-refractivity contribution in [3.05, 3.63) is 65.2 Å². The SMILES string of the molecule is COc1cccc(C(c2ccc(C(C)C)cc2)N2CCCNCC2)c1. The van der Waals surface area contributed by atoms with Gasteiger partial charge in [0, 0.05) is 19.6 Å². The highest BCUT2D eigenvalue weighted by Crippen LogP contribution is 2.32. The van der Waals surface area contributed by atoms with Gasteiger partial charge in [-0.25, -0.2) is 0 Å². The standard InChI is InChI=1S/C22H30N2O/c1-17(2)18-8-10-19(11-9-18)22(24-14-5-12-23-13-15-24)20-6-4-7-21(16-20)25-3/h4,6-11,16-17,22-23H,5,12-15H2,1-3H3. The number of nitrogens with zero attached hydrogens (tertiary/aromatic N) is 1. The maximum atomic E-state index is 5.47. The van der Waals surface area contributed by atoms with E-state index in [0.29, 0.717) is 5.92 Å². The summed E-state index contributed by atoms with van der Waals surface area (Å²) in [4.78, 5) is 2.60. The summed E-state index contributed by atoms with van der Waals surface area (Å²) in [7, 11) is 1.74. The minimum atomic E-state index is 0.274. The fourth-order valence-electron chi connectivity index (χ4n) is 3.61. The number of hydrogen-bond donors (Lipinski definition) is 1. The molecule has 25 heavy (non-hydrogen) atoms. The van der Waals surface area contributed by atoms with Crippen molar-refractivity contribution in [2.24, 2.45) is 0 Å². The van der Waals surface area contributed by atoms with Gasteiger partial charge in [0.2, 0.25) is 0 Å². The third-order valence-corrected chi connectivity index (χ3v) is 5.07. The van der Waals surface area contributed by atoms with Crippen LogP contribution in [0.5, 0.6) is 5.75 Å². The third-order valence-electron chi connectivity index (χ3n) is 5.07. The molecule has 3 heteroatoms. The van der Waals surface area contributed by atoms with Crippen LogP contribution in [0.4, 0.5) is 0 Å². The van der Waals surface area contributed by atoms with Crippen LogP contribution in [0.3, 0.4) is 0 Å². The summed E-state index contributed by atoms with van der Waals surface area (Å²) in [6, 6.07) is 18.0. The molecule has 1 N–H and O–H groups in total. The lowest BCUT2D eigenvalue weighted by Crippen LogP contribution is -2.33. The highest BCUT2D eigenvalue weighted by Gasteiger charge is 2.23. The first-order valence-corrected chi connectivity index (χ1v) is 9.37. The Bertz CT molecular complexity index is 658. The van der Waals surface area contributed by atoms with Crippen LogP contribution >= 0.6 is 0 Å². The van der Waals surface area contributed by atoms with Crippen molar-refractivity contribution >= 4 is 0 Å². The van der Waals surface area contributed by atoms with Gasteiger partial charge in [-0.15, -0.1) is 0 Å². The molecule has 0 aromatic heterocycles. The first-order chi connectivity index (χ1) is 12.2. The molecule has 0 amide bonds. The Labute approximate surface area is 152 Å². The first kappa shape index (κ1) is 18.0. The summed E-state index contributed by atoms with van der Waals surface area (Å²) < 4.78 is 5.47. The van der Waals surface area contributed by atoms with E-state index in [1.54, 1.807) is 7.11 Å². The Morgan fingerprint density at radius 2 is 1.68 bits per heavy atom. The van der Waals surface area contributed by atoms with Crippen molar-refractivity contribution in [3.63, 3.8) is 0 Å². The van der Waals surface area contributed by atoms with Crippen LogP contribution in [0, 0.1) is 0 Å². The number of ether oxygens (including phenoxy) is 1. The van der Waals surface area contributed by atoms with Gasteiger partial charge in [0.25, 0.3) is 0 Å². The van der Waals surface area contributed by atoms with E-state index in [4.69, 9.17) is 4.74 Å². The van der Waals surface area contributed by atoms with E-state index in [2.05, 4.69) is 66.5 Å². The number of nitrogens with one attached hydrogen (secondary N) is 1. The Hall–Kier alpha value is -1.84. The summed E-state index contributed by atoms with van der Waals surface area (Å²) in [5, 5.41) is 3.52. The lowest BCUT2D eigenvalue weighted by molar-refractivity contribution is 0.240. The molecule has 0 saturated carbocycles. The van der Waals surface area contributed by atoms with E-state index < -0.39 is 0 Å². The monoisotopic (exact) mass is 338 g/mol. The van der Waals surface area contributed by atoms with E-state index in [1.165, 1.54) is 23.1 Å². The van der Waals surface area contributed by atoms with Gasteiger partial charge >= 0.3 is 0 Å². The average molecular weight is 338 g/mol. The molecule has 0 radical (unpaired) electrons. The van der Waals surface area contributed by atoms with Gasteiger partial charge in [0.05, 0.1) is 13.2 Å². The second-order valence-corrected chi connectivity index (χ2v) is 7.14. The van der Waals surface area contributed by atoms with Crippen molar-refractivity contribution in [1.82, 2.24) is 10.2 Å². The number of rotatable bonds is 5. The van der Waals surface area contributed by atoms with Crippen molar-refractivity contribution in [3.8, 4) is 5.75 Å². The van der Waals surface area contributed by atoms with Gasteiger partial charge < -0.3 is 10.1 Å². The molecule has 1 aliphatic heterocycles. The molecule has 134 valence electrons. The molecule has 1 atom stereocenters. The van der Waals surface area contributed by atoms with Crippen molar-refractivity contribution in [2.75, 3.05) is 33.3 Å². The zero-order chi connectivity index (χ0) is 17.6. The Kier molecular flexibility index (Phi) is 6.11. The molecular weight excluding hydrogens is 308 g/mol. The van der Waals surface area contributed by atoms with E-state index in [-0.39, 0.29) is 6.04 Å². The lowest BCUT2D eigenvalue weighted by Gasteiger charge is -2.31. The molecule has 1 fully saturated rings. The second kappa shape index (κ2) is 8.50. The molecule has 0 spiro atoms. The van der Waals surface area contributed by atoms with Crippen LogP contribution in [0.15, 0.2) is 48.5 Å². The fourth-order valence-corrected chi connectivity index (χ4v) is 3.61. The average Bonchev–Trinajstić information content (AvgIpc) is 2.92. The summed E-state index contributed by atoms with van der Waals surface area (Å²) in [5.41, 5.74) is 4.06. The fraction of sp³-hybridized carbons (Fsp3) is 0.455. The maximum absolute atomic E-state index is 5.47. The normalized spacial score (nSPS) is 17.3. The summed E-state index contributed by atoms with van der Waals surface area (Å²) >= 11 is 0. The van der Waals surface area contributed by atoms with Crippen LogP contribution in [-0.2, 0) is 0 Å². The largest absolute Gasteiger partial charge is 0.497 e. The molecule has 1 saturated heterocycles. The molecule has 1 unspecified atom stereocenters. The van der Waals surface area contributed by atoms with Gasteiger partial charge in [-0.05, 0) is 47.7 Å². The van der Waals surface area contributed by atoms with Gasteiger partial charge in [-0.2, -0.15) is 0 Å². The minimum Gasteiger partial charge on any atom is -0.497 e. The topological polar surface area (TPSA) is 24.5 Å². The van der Waals surface area contributed by atoms with Crippen molar-refractivity contribution in [1.29, 1.82) is 0 Å². The summed E-state index contributed by atoms with van der Waals surface area (Å²) in [6.45, 7) is 8.82. The second-order valence-electron chi connectivity index (χ2n) is 7.14. The molecule has 0 aliphatic carbocycles. The third kappa shape index (κ3) is 4.42.